The van der Waals surface area contributed by atoms with Crippen molar-refractivity contribution in [3.8, 4) is 5.75 Å². The van der Waals surface area contributed by atoms with E-state index in [4.69, 9.17) is 4.74 Å². The molecule has 2 rings (SSSR count). The predicted molar refractivity (Wildman–Crippen MR) is 65.5 cm³/mol. The average molecular weight is 288 g/mol. The Bertz CT molecular complexity index is 378. The Morgan fingerprint density at radius 2 is 2.06 bits per heavy atom. The van der Waals surface area contributed by atoms with Crippen LogP contribution in [0.2, 0.25) is 0 Å². The van der Waals surface area contributed by atoms with Gasteiger partial charge in [0.25, 0.3) is 0 Å². The van der Waals surface area contributed by atoms with Gasteiger partial charge in [0, 0.05) is 5.56 Å². The van der Waals surface area contributed by atoms with Gasteiger partial charge >= 0.3 is 0 Å². The van der Waals surface area contributed by atoms with Gasteiger partial charge in [-0.25, -0.2) is 4.39 Å². The molecule has 1 aromatic carbocycles. The molecule has 0 radical (unpaired) electrons. The number of hydrogen-bond acceptors (Lipinski definition) is 2. The number of nitrogens with one attached hydrogen (secondary N) is 1. The van der Waals surface area contributed by atoms with E-state index in [2.05, 4.69) is 21.2 Å². The average Bonchev–Trinajstić information content (AvgIpc) is 2.33. The molecule has 0 atom stereocenters. The number of halogens is 2. The molecule has 2 nitrogen and oxygen atoms in total. The van der Waals surface area contributed by atoms with Crippen LogP contribution in [-0.2, 0) is 0 Å². The Kier molecular flexibility index (Phi) is 3.82. The van der Waals surface area contributed by atoms with E-state index in [0.717, 1.165) is 31.5 Å². The molecule has 4 heteroatoms. The Morgan fingerprint density at radius 1 is 1.38 bits per heavy atom. The highest BCUT2D eigenvalue weighted by molar-refractivity contribution is 9.10. The third-order valence-corrected chi connectivity index (χ3v) is 3.67. The number of piperidine rings is 1. The van der Waals surface area contributed by atoms with Crippen LogP contribution in [0.3, 0.4) is 0 Å². The molecule has 1 aliphatic rings. The zero-order valence-corrected chi connectivity index (χ0v) is 10.8. The highest BCUT2D eigenvalue weighted by atomic mass is 79.9. The van der Waals surface area contributed by atoms with Crippen LogP contribution in [0.15, 0.2) is 16.6 Å². The first-order chi connectivity index (χ1) is 7.74. The maximum absolute atomic E-state index is 14.1. The lowest BCUT2D eigenvalue weighted by molar-refractivity contribution is 0.381. The molecule has 88 valence electrons. The van der Waals surface area contributed by atoms with Gasteiger partial charge in [-0.2, -0.15) is 0 Å². The van der Waals surface area contributed by atoms with Crippen LogP contribution in [0.25, 0.3) is 0 Å². The summed E-state index contributed by atoms with van der Waals surface area (Å²) in [5.41, 5.74) is 0.721. The van der Waals surface area contributed by atoms with Crippen LogP contribution in [0, 0.1) is 5.82 Å². The summed E-state index contributed by atoms with van der Waals surface area (Å²) in [6.45, 7) is 1.89. The van der Waals surface area contributed by atoms with Gasteiger partial charge in [0.2, 0.25) is 0 Å². The topological polar surface area (TPSA) is 21.3 Å². The smallest absolute Gasteiger partial charge is 0.144 e. The Labute approximate surface area is 103 Å². The van der Waals surface area contributed by atoms with E-state index < -0.39 is 0 Å². The van der Waals surface area contributed by atoms with E-state index >= 15 is 0 Å². The second-order valence-corrected chi connectivity index (χ2v) is 4.86. The molecule has 1 aliphatic heterocycles. The van der Waals surface area contributed by atoms with Gasteiger partial charge in [-0.3, -0.25) is 0 Å². The van der Waals surface area contributed by atoms with E-state index in [1.54, 1.807) is 13.2 Å². The zero-order valence-electron chi connectivity index (χ0n) is 9.22. The minimum absolute atomic E-state index is 0.175. The van der Waals surface area contributed by atoms with Crippen LogP contribution in [0.1, 0.15) is 24.3 Å². The molecule has 16 heavy (non-hydrogen) atoms. The summed E-state index contributed by atoms with van der Waals surface area (Å²) in [6, 6.07) is 3.52. The van der Waals surface area contributed by atoms with Gasteiger partial charge in [0.1, 0.15) is 11.6 Å². The number of hydrogen-bond donors (Lipinski definition) is 1. The Hall–Kier alpha value is -0.610. The van der Waals surface area contributed by atoms with E-state index in [0.29, 0.717) is 10.2 Å². The number of methoxy groups -OCH3 is 1. The summed E-state index contributed by atoms with van der Waals surface area (Å²) in [6.07, 6.45) is 1.92. The van der Waals surface area contributed by atoms with Crippen molar-refractivity contribution < 1.29 is 9.13 Å². The molecule has 0 bridgehead atoms. The minimum atomic E-state index is -0.175. The molecule has 1 saturated heterocycles. The monoisotopic (exact) mass is 287 g/mol. The largest absolute Gasteiger partial charge is 0.496 e. The summed E-state index contributed by atoms with van der Waals surface area (Å²) in [5.74, 6) is 0.743. The zero-order chi connectivity index (χ0) is 11.5. The summed E-state index contributed by atoms with van der Waals surface area (Å²) >= 11 is 3.23. The molecule has 0 unspecified atom stereocenters. The Balaban J connectivity index is 2.39. The molecule has 0 spiro atoms. The fraction of sp³-hybridized carbons (Fsp3) is 0.500. The van der Waals surface area contributed by atoms with Gasteiger partial charge < -0.3 is 10.1 Å². The lowest BCUT2D eigenvalue weighted by Gasteiger charge is -2.25. The lowest BCUT2D eigenvalue weighted by Crippen LogP contribution is -2.27. The molecular weight excluding hydrogens is 273 g/mol. The number of benzene rings is 1. The van der Waals surface area contributed by atoms with Crippen molar-refractivity contribution in [1.82, 2.24) is 5.32 Å². The second kappa shape index (κ2) is 5.15. The quantitative estimate of drug-likeness (QED) is 0.903. The van der Waals surface area contributed by atoms with Crippen molar-refractivity contribution in [3.05, 3.63) is 28.0 Å². The van der Waals surface area contributed by atoms with E-state index in [-0.39, 0.29) is 11.7 Å². The fourth-order valence-corrected chi connectivity index (χ4v) is 2.56. The number of rotatable bonds is 2. The normalized spacial score (nSPS) is 17.4. The third-order valence-electron chi connectivity index (χ3n) is 3.06. The second-order valence-electron chi connectivity index (χ2n) is 4.00. The molecule has 0 amide bonds. The molecule has 0 aromatic heterocycles. The predicted octanol–water partition coefficient (Wildman–Crippen LogP) is 3.06. The summed E-state index contributed by atoms with van der Waals surface area (Å²) < 4.78 is 19.9. The molecule has 1 N–H and O–H groups in total. The third kappa shape index (κ3) is 2.23. The highest BCUT2D eigenvalue weighted by Crippen LogP contribution is 2.37. The van der Waals surface area contributed by atoms with Crippen LogP contribution in [0.4, 0.5) is 4.39 Å². The molecule has 0 saturated carbocycles. The van der Waals surface area contributed by atoms with E-state index in [9.17, 15) is 4.39 Å². The standard InChI is InChI=1S/C12H15BrFNO/c1-16-10-3-2-9(13)12(14)11(10)8-4-6-15-7-5-8/h2-3,8,15H,4-7H2,1H3. The minimum Gasteiger partial charge on any atom is -0.496 e. The van der Waals surface area contributed by atoms with Crippen molar-refractivity contribution >= 4 is 15.9 Å². The molecule has 1 heterocycles. The van der Waals surface area contributed by atoms with E-state index in [1.165, 1.54) is 0 Å². The summed E-state index contributed by atoms with van der Waals surface area (Å²) in [7, 11) is 1.59. The SMILES string of the molecule is COc1ccc(Br)c(F)c1C1CCNCC1. The van der Waals surface area contributed by atoms with Gasteiger partial charge in [-0.05, 0) is 59.9 Å². The molecule has 1 fully saturated rings. The van der Waals surface area contributed by atoms with Crippen molar-refractivity contribution in [2.24, 2.45) is 0 Å². The summed E-state index contributed by atoms with van der Waals surface area (Å²) in [4.78, 5) is 0. The van der Waals surface area contributed by atoms with Crippen molar-refractivity contribution in [2.45, 2.75) is 18.8 Å². The lowest BCUT2D eigenvalue weighted by atomic mass is 9.89. The van der Waals surface area contributed by atoms with Gasteiger partial charge in [-0.15, -0.1) is 0 Å². The van der Waals surface area contributed by atoms with Gasteiger partial charge in [-0.1, -0.05) is 0 Å². The number of ether oxygens (including phenoxy) is 1. The van der Waals surface area contributed by atoms with Crippen LogP contribution in [-0.4, -0.2) is 20.2 Å². The van der Waals surface area contributed by atoms with E-state index in [1.807, 2.05) is 6.07 Å². The molecule has 1 aromatic rings. The van der Waals surface area contributed by atoms with Gasteiger partial charge in [0.05, 0.1) is 11.6 Å². The highest BCUT2D eigenvalue weighted by Gasteiger charge is 2.23. The van der Waals surface area contributed by atoms with Crippen LogP contribution >= 0.6 is 15.9 Å². The maximum atomic E-state index is 14.1. The first-order valence-electron chi connectivity index (χ1n) is 5.46. The van der Waals surface area contributed by atoms with Gasteiger partial charge in [0.15, 0.2) is 0 Å². The molecular formula is C12H15BrFNO. The van der Waals surface area contributed by atoms with Crippen LogP contribution < -0.4 is 10.1 Å². The van der Waals surface area contributed by atoms with Crippen molar-refractivity contribution in [2.75, 3.05) is 20.2 Å². The van der Waals surface area contributed by atoms with Crippen molar-refractivity contribution in [3.63, 3.8) is 0 Å². The fourth-order valence-electron chi connectivity index (χ4n) is 2.22. The molecule has 0 aliphatic carbocycles. The first kappa shape index (κ1) is 11.9. The van der Waals surface area contributed by atoms with Crippen LogP contribution in [0.5, 0.6) is 5.75 Å². The summed E-state index contributed by atoms with van der Waals surface area (Å²) in [5, 5.41) is 3.28. The first-order valence-corrected chi connectivity index (χ1v) is 6.26. The maximum Gasteiger partial charge on any atom is 0.144 e. The van der Waals surface area contributed by atoms with Crippen molar-refractivity contribution in [1.29, 1.82) is 0 Å². The Morgan fingerprint density at radius 3 is 2.69 bits per heavy atom.